The van der Waals surface area contributed by atoms with E-state index in [-0.39, 0.29) is 5.91 Å². The summed E-state index contributed by atoms with van der Waals surface area (Å²) in [6.07, 6.45) is 1.81. The molecular weight excluding hydrogens is 314 g/mol. The Morgan fingerprint density at radius 2 is 1.83 bits per heavy atom. The Morgan fingerprint density at radius 1 is 1.22 bits per heavy atom. The fourth-order valence-corrected chi connectivity index (χ4v) is 3.03. The zero-order chi connectivity index (χ0) is 16.8. The molecule has 0 radical (unpaired) electrons. The molecule has 1 aromatic carbocycles. The number of nitrogens with zero attached hydrogens (tertiary/aromatic N) is 2. The average molecular weight is 337 g/mol. The molecule has 7 heteroatoms. The molecular formula is C16H23N3O3S. The molecule has 1 fully saturated rings. The zero-order valence-electron chi connectivity index (χ0n) is 13.5. The maximum atomic E-state index is 12.2. The van der Waals surface area contributed by atoms with Crippen molar-refractivity contribution in [3.05, 3.63) is 29.8 Å². The lowest BCUT2D eigenvalue weighted by molar-refractivity contribution is -0.138. The Bertz CT molecular complexity index is 542. The van der Waals surface area contributed by atoms with E-state index < -0.39 is 12.0 Å². The van der Waals surface area contributed by atoms with Gasteiger partial charge in [0.1, 0.15) is 6.04 Å². The van der Waals surface area contributed by atoms with Crippen LogP contribution in [0, 0.1) is 0 Å². The number of thioether (sulfide) groups is 1. The lowest BCUT2D eigenvalue weighted by Gasteiger charge is -2.34. The van der Waals surface area contributed by atoms with E-state index in [9.17, 15) is 9.59 Å². The molecule has 0 bridgehead atoms. The Morgan fingerprint density at radius 3 is 2.35 bits per heavy atom. The van der Waals surface area contributed by atoms with E-state index in [1.807, 2.05) is 18.4 Å². The lowest BCUT2D eigenvalue weighted by Crippen LogP contribution is -2.44. The van der Waals surface area contributed by atoms with Gasteiger partial charge >= 0.3 is 5.97 Å². The Hall–Kier alpha value is -1.73. The van der Waals surface area contributed by atoms with Gasteiger partial charge in [-0.25, -0.2) is 4.79 Å². The predicted molar refractivity (Wildman–Crippen MR) is 93.4 cm³/mol. The van der Waals surface area contributed by atoms with E-state index in [1.54, 1.807) is 12.1 Å². The molecule has 23 heavy (non-hydrogen) atoms. The van der Waals surface area contributed by atoms with E-state index in [1.165, 1.54) is 11.8 Å². The molecule has 1 atom stereocenters. The number of carboxylic acids is 1. The van der Waals surface area contributed by atoms with Crippen LogP contribution < -0.4 is 10.2 Å². The molecule has 0 aliphatic carbocycles. The van der Waals surface area contributed by atoms with Gasteiger partial charge in [-0.2, -0.15) is 11.8 Å². The molecule has 1 aliphatic heterocycles. The first-order chi connectivity index (χ1) is 11.0. The summed E-state index contributed by atoms with van der Waals surface area (Å²) in [7, 11) is 2.11. The van der Waals surface area contributed by atoms with Gasteiger partial charge in [-0.05, 0) is 37.6 Å². The molecule has 1 amide bonds. The summed E-state index contributed by atoms with van der Waals surface area (Å²) < 4.78 is 0. The standard InChI is InChI=1S/C16H23N3O3S/c1-18-7-9-19(10-8-18)13-5-3-12(4-6-13)15(20)17-14(11-23-2)16(21)22/h3-6,14H,7-11H2,1-2H3,(H,17,20)(H,21,22)/t14-/m0/s1. The number of aliphatic carboxylic acids is 1. The summed E-state index contributed by atoms with van der Waals surface area (Å²) in [4.78, 5) is 27.8. The first-order valence-electron chi connectivity index (χ1n) is 7.57. The number of hydrogen-bond donors (Lipinski definition) is 2. The molecule has 0 spiro atoms. The number of hydrogen-bond acceptors (Lipinski definition) is 5. The molecule has 2 N–H and O–H groups in total. The summed E-state index contributed by atoms with van der Waals surface area (Å²) in [6, 6.07) is 6.48. The van der Waals surface area contributed by atoms with Crippen LogP contribution in [-0.4, -0.2) is 73.2 Å². The summed E-state index contributed by atoms with van der Waals surface area (Å²) in [5, 5.41) is 11.7. The third kappa shape index (κ3) is 4.87. The van der Waals surface area contributed by atoms with Gasteiger partial charge in [0, 0.05) is 43.2 Å². The summed E-state index contributed by atoms with van der Waals surface area (Å²) >= 11 is 1.39. The Labute approximate surface area is 140 Å². The second-order valence-electron chi connectivity index (χ2n) is 5.66. The highest BCUT2D eigenvalue weighted by Crippen LogP contribution is 2.17. The van der Waals surface area contributed by atoms with Crippen molar-refractivity contribution < 1.29 is 14.7 Å². The van der Waals surface area contributed by atoms with Crippen LogP contribution in [0.2, 0.25) is 0 Å². The van der Waals surface area contributed by atoms with Crippen molar-refractivity contribution in [1.29, 1.82) is 0 Å². The number of carbonyl (C=O) groups excluding carboxylic acids is 1. The number of carboxylic acid groups (broad SMARTS) is 1. The van der Waals surface area contributed by atoms with Crippen LogP contribution in [0.25, 0.3) is 0 Å². The van der Waals surface area contributed by atoms with Crippen molar-refractivity contribution in [1.82, 2.24) is 10.2 Å². The maximum absolute atomic E-state index is 12.2. The first-order valence-corrected chi connectivity index (χ1v) is 8.97. The molecule has 0 saturated carbocycles. The topological polar surface area (TPSA) is 72.9 Å². The van der Waals surface area contributed by atoms with Crippen molar-refractivity contribution in [2.45, 2.75) is 6.04 Å². The van der Waals surface area contributed by atoms with Crippen molar-refractivity contribution >= 4 is 29.3 Å². The van der Waals surface area contributed by atoms with Crippen LogP contribution in [0.5, 0.6) is 0 Å². The fraction of sp³-hybridized carbons (Fsp3) is 0.500. The minimum atomic E-state index is -1.01. The van der Waals surface area contributed by atoms with Gasteiger partial charge in [0.25, 0.3) is 5.91 Å². The van der Waals surface area contributed by atoms with Crippen molar-refractivity contribution in [2.24, 2.45) is 0 Å². The third-order valence-corrected chi connectivity index (χ3v) is 4.60. The number of rotatable bonds is 6. The fourth-order valence-electron chi connectivity index (χ4n) is 2.47. The van der Waals surface area contributed by atoms with Gasteiger partial charge in [-0.3, -0.25) is 4.79 Å². The predicted octanol–water partition coefficient (Wildman–Crippen LogP) is 0.984. The second kappa shape index (κ2) is 8.21. The molecule has 2 rings (SSSR count). The molecule has 6 nitrogen and oxygen atoms in total. The van der Waals surface area contributed by atoms with Gasteiger partial charge < -0.3 is 20.2 Å². The highest BCUT2D eigenvalue weighted by molar-refractivity contribution is 7.98. The molecule has 1 aromatic rings. The van der Waals surface area contributed by atoms with Crippen LogP contribution >= 0.6 is 11.8 Å². The number of anilines is 1. The SMILES string of the molecule is CSC[C@H](NC(=O)c1ccc(N2CCN(C)CC2)cc1)C(=O)O. The maximum Gasteiger partial charge on any atom is 0.327 e. The number of carbonyl (C=O) groups is 2. The highest BCUT2D eigenvalue weighted by atomic mass is 32.2. The van der Waals surface area contributed by atoms with Crippen molar-refractivity contribution in [3.8, 4) is 0 Å². The van der Waals surface area contributed by atoms with Crippen molar-refractivity contribution in [2.75, 3.05) is 50.1 Å². The Kier molecular flexibility index (Phi) is 6.29. The van der Waals surface area contributed by atoms with Crippen LogP contribution in [0.15, 0.2) is 24.3 Å². The minimum Gasteiger partial charge on any atom is -0.480 e. The zero-order valence-corrected chi connectivity index (χ0v) is 14.3. The van der Waals surface area contributed by atoms with Crippen LogP contribution in [0.3, 0.4) is 0 Å². The van der Waals surface area contributed by atoms with E-state index >= 15 is 0 Å². The smallest absolute Gasteiger partial charge is 0.327 e. The van der Waals surface area contributed by atoms with E-state index in [0.29, 0.717) is 11.3 Å². The van der Waals surface area contributed by atoms with Crippen LogP contribution in [-0.2, 0) is 4.79 Å². The molecule has 0 unspecified atom stereocenters. The number of nitrogens with one attached hydrogen (secondary N) is 1. The van der Waals surface area contributed by atoms with Crippen LogP contribution in [0.1, 0.15) is 10.4 Å². The summed E-state index contributed by atoms with van der Waals surface area (Å²) in [5.74, 6) is -1.02. The quantitative estimate of drug-likeness (QED) is 0.806. The molecule has 1 aliphatic rings. The van der Waals surface area contributed by atoms with E-state index in [2.05, 4.69) is 22.2 Å². The third-order valence-electron chi connectivity index (χ3n) is 3.93. The lowest BCUT2D eigenvalue weighted by atomic mass is 10.1. The molecule has 1 saturated heterocycles. The largest absolute Gasteiger partial charge is 0.480 e. The van der Waals surface area contributed by atoms with E-state index in [4.69, 9.17) is 5.11 Å². The molecule has 0 aromatic heterocycles. The molecule has 126 valence electrons. The summed E-state index contributed by atoms with van der Waals surface area (Å²) in [5.41, 5.74) is 1.57. The monoisotopic (exact) mass is 337 g/mol. The number of likely N-dealkylation sites (N-methyl/N-ethyl adjacent to an activating group) is 1. The van der Waals surface area contributed by atoms with Gasteiger partial charge in [0.15, 0.2) is 0 Å². The normalized spacial score (nSPS) is 16.9. The minimum absolute atomic E-state index is 0.348. The van der Waals surface area contributed by atoms with Crippen LogP contribution in [0.4, 0.5) is 5.69 Å². The van der Waals surface area contributed by atoms with E-state index in [0.717, 1.165) is 31.9 Å². The van der Waals surface area contributed by atoms with Gasteiger partial charge in [0.2, 0.25) is 0 Å². The van der Waals surface area contributed by atoms with Gasteiger partial charge in [0.05, 0.1) is 0 Å². The number of amides is 1. The Balaban J connectivity index is 1.98. The number of benzene rings is 1. The second-order valence-corrected chi connectivity index (χ2v) is 6.57. The average Bonchev–Trinajstić information content (AvgIpc) is 2.55. The first kappa shape index (κ1) is 17.6. The highest BCUT2D eigenvalue weighted by Gasteiger charge is 2.20. The van der Waals surface area contributed by atoms with Gasteiger partial charge in [-0.1, -0.05) is 0 Å². The van der Waals surface area contributed by atoms with Gasteiger partial charge in [-0.15, -0.1) is 0 Å². The van der Waals surface area contributed by atoms with Crippen molar-refractivity contribution in [3.63, 3.8) is 0 Å². The molecule has 1 heterocycles. The number of piperazine rings is 1. The summed E-state index contributed by atoms with van der Waals surface area (Å²) in [6.45, 7) is 3.99.